The molecule has 0 aromatic heterocycles. The second-order valence-electron chi connectivity index (χ2n) is 5.18. The van der Waals surface area contributed by atoms with Crippen molar-refractivity contribution in [2.45, 2.75) is 19.8 Å². The molecule has 0 unspecified atom stereocenters. The number of nitrogens with two attached hydrogens (primary N) is 1. The lowest BCUT2D eigenvalue weighted by Crippen LogP contribution is -2.36. The first-order chi connectivity index (χ1) is 8.65. The van der Waals surface area contributed by atoms with Crippen LogP contribution in [0.15, 0.2) is 18.2 Å². The Hall–Kier alpha value is -0.490. The molecule has 4 heteroatoms. The van der Waals surface area contributed by atoms with Gasteiger partial charge in [-0.25, -0.2) is 0 Å². The summed E-state index contributed by atoms with van der Waals surface area (Å²) in [4.78, 5) is 2.54. The van der Waals surface area contributed by atoms with E-state index in [1.165, 1.54) is 29.5 Å². The third-order valence-corrected chi connectivity index (χ3v) is 4.30. The molecule has 1 saturated heterocycles. The molecule has 100 valence electrons. The van der Waals surface area contributed by atoms with Crippen molar-refractivity contribution in [1.82, 2.24) is 4.90 Å². The number of rotatable bonds is 4. The third kappa shape index (κ3) is 4.02. The lowest BCUT2D eigenvalue weighted by atomic mass is 9.99. The summed E-state index contributed by atoms with van der Waals surface area (Å²) in [5.74, 6) is 0.904. The highest BCUT2D eigenvalue weighted by Crippen LogP contribution is 2.21. The average molecular weight is 359 g/mol. The molecule has 1 aliphatic rings. The van der Waals surface area contributed by atoms with Crippen LogP contribution in [0.25, 0.3) is 0 Å². The van der Waals surface area contributed by atoms with Gasteiger partial charge in [-0.3, -0.25) is 0 Å². The van der Waals surface area contributed by atoms with Crippen LogP contribution in [0.4, 0.5) is 11.4 Å². The van der Waals surface area contributed by atoms with Crippen molar-refractivity contribution in [2.24, 2.45) is 5.92 Å². The summed E-state index contributed by atoms with van der Waals surface area (Å²) in [5.41, 5.74) is 7.88. The fraction of sp³-hybridized carbons (Fsp3) is 0.571. The maximum atomic E-state index is 5.98. The molecule has 0 radical (unpaired) electrons. The van der Waals surface area contributed by atoms with E-state index in [-0.39, 0.29) is 0 Å². The maximum Gasteiger partial charge on any atom is 0.0575 e. The van der Waals surface area contributed by atoms with Gasteiger partial charge in [0.15, 0.2) is 0 Å². The molecule has 0 amide bonds. The van der Waals surface area contributed by atoms with Crippen LogP contribution < -0.4 is 11.1 Å². The number of nitrogen functional groups attached to an aromatic ring is 1. The summed E-state index contributed by atoms with van der Waals surface area (Å²) >= 11 is 2.28. The van der Waals surface area contributed by atoms with Crippen molar-refractivity contribution in [2.75, 3.05) is 37.2 Å². The van der Waals surface area contributed by atoms with Gasteiger partial charge in [-0.2, -0.15) is 0 Å². The van der Waals surface area contributed by atoms with E-state index >= 15 is 0 Å². The molecule has 1 aromatic rings. The van der Waals surface area contributed by atoms with Gasteiger partial charge in [0.05, 0.1) is 11.4 Å². The smallest absolute Gasteiger partial charge is 0.0575 e. The van der Waals surface area contributed by atoms with Gasteiger partial charge in [-0.15, -0.1) is 0 Å². The predicted octanol–water partition coefficient (Wildman–Crippen LogP) is 3.02. The Morgan fingerprint density at radius 2 is 2.11 bits per heavy atom. The molecular weight excluding hydrogens is 337 g/mol. The van der Waals surface area contributed by atoms with Crippen LogP contribution >= 0.6 is 22.6 Å². The zero-order valence-electron chi connectivity index (χ0n) is 11.0. The van der Waals surface area contributed by atoms with Gasteiger partial charge in [0.2, 0.25) is 0 Å². The first-order valence-electron chi connectivity index (χ1n) is 6.66. The summed E-state index contributed by atoms with van der Waals surface area (Å²) < 4.78 is 1.18. The monoisotopic (exact) mass is 359 g/mol. The number of anilines is 2. The number of likely N-dealkylation sites (tertiary alicyclic amines) is 1. The molecule has 0 saturated carbocycles. The van der Waals surface area contributed by atoms with Gasteiger partial charge in [-0.1, -0.05) is 6.92 Å². The maximum absolute atomic E-state index is 5.98. The Labute approximate surface area is 123 Å². The van der Waals surface area contributed by atoms with Gasteiger partial charge in [0.1, 0.15) is 0 Å². The number of nitrogens with zero attached hydrogens (tertiary/aromatic N) is 1. The van der Waals surface area contributed by atoms with Crippen LogP contribution in [-0.2, 0) is 0 Å². The van der Waals surface area contributed by atoms with Crippen LogP contribution in [-0.4, -0.2) is 31.1 Å². The number of nitrogens with one attached hydrogen (secondary N) is 1. The Kier molecular flexibility index (Phi) is 5.12. The topological polar surface area (TPSA) is 41.3 Å². The zero-order chi connectivity index (χ0) is 13.0. The largest absolute Gasteiger partial charge is 0.397 e. The molecule has 0 aliphatic carbocycles. The second kappa shape index (κ2) is 6.61. The highest BCUT2D eigenvalue weighted by molar-refractivity contribution is 14.1. The summed E-state index contributed by atoms with van der Waals surface area (Å²) in [6.07, 6.45) is 2.68. The minimum Gasteiger partial charge on any atom is -0.397 e. The van der Waals surface area contributed by atoms with Crippen molar-refractivity contribution in [3.8, 4) is 0 Å². The fourth-order valence-electron chi connectivity index (χ4n) is 2.33. The Morgan fingerprint density at radius 1 is 1.39 bits per heavy atom. The van der Waals surface area contributed by atoms with Crippen molar-refractivity contribution in [3.63, 3.8) is 0 Å². The second-order valence-corrected chi connectivity index (χ2v) is 6.43. The van der Waals surface area contributed by atoms with Crippen LogP contribution in [0.5, 0.6) is 0 Å². The van der Waals surface area contributed by atoms with Gasteiger partial charge in [0, 0.05) is 16.7 Å². The first-order valence-corrected chi connectivity index (χ1v) is 7.74. The third-order valence-electron chi connectivity index (χ3n) is 3.63. The van der Waals surface area contributed by atoms with Crippen molar-refractivity contribution in [1.29, 1.82) is 0 Å². The fourth-order valence-corrected chi connectivity index (χ4v) is 2.84. The lowest BCUT2D eigenvalue weighted by molar-refractivity contribution is 0.199. The molecule has 1 heterocycles. The van der Waals surface area contributed by atoms with Gasteiger partial charge in [0.25, 0.3) is 0 Å². The summed E-state index contributed by atoms with van der Waals surface area (Å²) in [6.45, 7) is 6.91. The number of halogens is 1. The molecule has 3 nitrogen and oxygen atoms in total. The van der Waals surface area contributed by atoms with E-state index < -0.39 is 0 Å². The standard InChI is InChI=1S/C14H22IN3/c1-11-4-7-18(8-5-11)9-6-17-14-3-2-12(15)10-13(14)16/h2-3,10-11,17H,4-9,16H2,1H3. The van der Waals surface area contributed by atoms with Crippen LogP contribution in [0.2, 0.25) is 0 Å². The van der Waals surface area contributed by atoms with E-state index in [9.17, 15) is 0 Å². The van der Waals surface area contributed by atoms with E-state index in [0.717, 1.165) is 30.4 Å². The number of hydrogen-bond donors (Lipinski definition) is 2. The van der Waals surface area contributed by atoms with E-state index in [1.54, 1.807) is 0 Å². The number of piperidine rings is 1. The average Bonchev–Trinajstić information content (AvgIpc) is 2.34. The minimum absolute atomic E-state index is 0.842. The van der Waals surface area contributed by atoms with E-state index in [1.807, 2.05) is 6.07 Å². The summed E-state index contributed by atoms with van der Waals surface area (Å²) in [6, 6.07) is 6.16. The summed E-state index contributed by atoms with van der Waals surface area (Å²) in [5, 5.41) is 3.43. The molecule has 18 heavy (non-hydrogen) atoms. The number of hydrogen-bond acceptors (Lipinski definition) is 3. The van der Waals surface area contributed by atoms with Crippen LogP contribution in [0.3, 0.4) is 0 Å². The first kappa shape index (κ1) is 13.9. The molecule has 1 fully saturated rings. The molecule has 1 aromatic carbocycles. The van der Waals surface area contributed by atoms with Crippen molar-refractivity contribution in [3.05, 3.63) is 21.8 Å². The Balaban J connectivity index is 1.75. The van der Waals surface area contributed by atoms with Gasteiger partial charge in [-0.05, 0) is 72.6 Å². The normalized spacial score (nSPS) is 17.9. The molecule has 1 aliphatic heterocycles. The van der Waals surface area contributed by atoms with E-state index in [4.69, 9.17) is 5.73 Å². The predicted molar refractivity (Wildman–Crippen MR) is 86.9 cm³/mol. The molecular formula is C14H22IN3. The lowest BCUT2D eigenvalue weighted by Gasteiger charge is -2.30. The van der Waals surface area contributed by atoms with Crippen molar-refractivity contribution >= 4 is 34.0 Å². The molecule has 3 N–H and O–H groups in total. The number of benzene rings is 1. The van der Waals surface area contributed by atoms with E-state index in [2.05, 4.69) is 51.9 Å². The Bertz CT molecular complexity index is 387. The molecule has 0 bridgehead atoms. The highest BCUT2D eigenvalue weighted by Gasteiger charge is 2.14. The molecule has 0 spiro atoms. The Morgan fingerprint density at radius 3 is 2.78 bits per heavy atom. The SMILES string of the molecule is CC1CCN(CCNc2ccc(I)cc2N)CC1. The quantitative estimate of drug-likeness (QED) is 0.642. The van der Waals surface area contributed by atoms with Crippen LogP contribution in [0.1, 0.15) is 19.8 Å². The highest BCUT2D eigenvalue weighted by atomic mass is 127. The van der Waals surface area contributed by atoms with Crippen molar-refractivity contribution < 1.29 is 0 Å². The molecule has 2 rings (SSSR count). The van der Waals surface area contributed by atoms with Gasteiger partial charge >= 0.3 is 0 Å². The zero-order valence-corrected chi connectivity index (χ0v) is 13.1. The van der Waals surface area contributed by atoms with Crippen LogP contribution in [0, 0.1) is 9.49 Å². The van der Waals surface area contributed by atoms with E-state index in [0.29, 0.717) is 0 Å². The van der Waals surface area contributed by atoms with Gasteiger partial charge < -0.3 is 16.0 Å². The minimum atomic E-state index is 0.842. The summed E-state index contributed by atoms with van der Waals surface area (Å²) in [7, 11) is 0. The molecule has 0 atom stereocenters.